The number of esters is 1. The van der Waals surface area contributed by atoms with Crippen molar-refractivity contribution in [1.82, 2.24) is 16.0 Å². The Morgan fingerprint density at radius 3 is 1.79 bits per heavy atom. The van der Waals surface area contributed by atoms with E-state index in [1.165, 1.54) is 0 Å². The summed E-state index contributed by atoms with van der Waals surface area (Å²) in [7, 11) is 0. The van der Waals surface area contributed by atoms with Crippen molar-refractivity contribution in [2.45, 2.75) is 91.1 Å². The van der Waals surface area contributed by atoms with Crippen LogP contribution in [0.15, 0.2) is 60.7 Å². The number of alkyl carbamates (subject to hydrolysis) is 1. The highest BCUT2D eigenvalue weighted by Crippen LogP contribution is 2.11. The molecule has 0 saturated heterocycles. The number of nitrogens with one attached hydrogen (secondary N) is 3. The fraction of sp³-hybridized carbons (Fsp3) is 0.515. The molecule has 0 aliphatic heterocycles. The van der Waals surface area contributed by atoms with Crippen molar-refractivity contribution < 1.29 is 28.7 Å². The highest BCUT2D eigenvalue weighted by atomic mass is 16.5. The lowest BCUT2D eigenvalue weighted by atomic mass is 10.00. The maximum atomic E-state index is 13.4. The molecule has 0 unspecified atom stereocenters. The predicted molar refractivity (Wildman–Crippen MR) is 165 cm³/mol. The molecule has 5 N–H and O–H groups in total. The number of nitrogens with two attached hydrogens (primary N) is 1. The summed E-state index contributed by atoms with van der Waals surface area (Å²) in [5.41, 5.74) is 7.76. The van der Waals surface area contributed by atoms with Crippen molar-refractivity contribution in [2.24, 2.45) is 17.6 Å². The van der Waals surface area contributed by atoms with Gasteiger partial charge in [0.1, 0.15) is 25.3 Å². The molecule has 236 valence electrons. The summed E-state index contributed by atoms with van der Waals surface area (Å²) in [6, 6.07) is 16.1. The molecule has 0 spiro atoms. The summed E-state index contributed by atoms with van der Waals surface area (Å²) >= 11 is 0. The van der Waals surface area contributed by atoms with E-state index in [0.29, 0.717) is 32.2 Å². The summed E-state index contributed by atoms with van der Waals surface area (Å²) in [6.45, 7) is 8.42. The quantitative estimate of drug-likeness (QED) is 0.149. The van der Waals surface area contributed by atoms with Gasteiger partial charge in [-0.05, 0) is 55.1 Å². The summed E-state index contributed by atoms with van der Waals surface area (Å²) in [5.74, 6) is -1.11. The van der Waals surface area contributed by atoms with Gasteiger partial charge in [0.25, 0.3) is 0 Å². The van der Waals surface area contributed by atoms with Gasteiger partial charge < -0.3 is 31.2 Å². The largest absolute Gasteiger partial charge is 0.459 e. The Hall–Kier alpha value is -3.92. The van der Waals surface area contributed by atoms with Gasteiger partial charge in [0.15, 0.2) is 0 Å². The Balaban J connectivity index is 1.96. The Morgan fingerprint density at radius 1 is 0.698 bits per heavy atom. The number of rotatable bonds is 18. The van der Waals surface area contributed by atoms with E-state index in [9.17, 15) is 19.2 Å². The van der Waals surface area contributed by atoms with Gasteiger partial charge in [-0.2, -0.15) is 0 Å². The van der Waals surface area contributed by atoms with Crippen molar-refractivity contribution in [2.75, 3.05) is 6.54 Å². The molecule has 3 atom stereocenters. The van der Waals surface area contributed by atoms with Crippen LogP contribution in [0.2, 0.25) is 0 Å². The van der Waals surface area contributed by atoms with Gasteiger partial charge in [-0.3, -0.25) is 9.59 Å². The second kappa shape index (κ2) is 19.3. The number of carbonyl (C=O) groups excluding carboxylic acids is 4. The number of benzene rings is 2. The Labute approximate surface area is 255 Å². The van der Waals surface area contributed by atoms with Crippen LogP contribution in [0.25, 0.3) is 0 Å². The lowest BCUT2D eigenvalue weighted by molar-refractivity contribution is -0.149. The Bertz CT molecular complexity index is 1130. The molecule has 10 nitrogen and oxygen atoms in total. The van der Waals surface area contributed by atoms with E-state index >= 15 is 0 Å². The van der Waals surface area contributed by atoms with Crippen LogP contribution in [0.4, 0.5) is 4.79 Å². The molecule has 43 heavy (non-hydrogen) atoms. The average Bonchev–Trinajstić information content (AvgIpc) is 2.98. The molecule has 2 rings (SSSR count). The molecule has 0 heterocycles. The predicted octanol–water partition coefficient (Wildman–Crippen LogP) is 4.22. The van der Waals surface area contributed by atoms with Gasteiger partial charge in [0.05, 0.1) is 6.04 Å². The van der Waals surface area contributed by atoms with E-state index in [0.717, 1.165) is 11.1 Å². The summed E-state index contributed by atoms with van der Waals surface area (Å²) in [6.07, 6.45) is 1.70. The maximum absolute atomic E-state index is 13.4. The van der Waals surface area contributed by atoms with E-state index in [2.05, 4.69) is 16.0 Å². The van der Waals surface area contributed by atoms with Crippen LogP contribution in [-0.2, 0) is 37.1 Å². The van der Waals surface area contributed by atoms with Gasteiger partial charge >= 0.3 is 12.1 Å². The first-order chi connectivity index (χ1) is 20.5. The zero-order valence-corrected chi connectivity index (χ0v) is 25.8. The summed E-state index contributed by atoms with van der Waals surface area (Å²) < 4.78 is 10.8. The first-order valence-corrected chi connectivity index (χ1v) is 15.1. The fourth-order valence-corrected chi connectivity index (χ4v) is 4.39. The normalized spacial score (nSPS) is 13.1. The first-order valence-electron chi connectivity index (χ1n) is 15.1. The van der Waals surface area contributed by atoms with E-state index in [-0.39, 0.29) is 31.5 Å². The highest BCUT2D eigenvalue weighted by molar-refractivity contribution is 5.92. The van der Waals surface area contributed by atoms with Gasteiger partial charge in [0, 0.05) is 6.54 Å². The number of unbranched alkanes of at least 4 members (excludes halogenated alkanes) is 1. The van der Waals surface area contributed by atoms with Gasteiger partial charge in [0.2, 0.25) is 11.8 Å². The lowest BCUT2D eigenvalue weighted by Crippen LogP contribution is -2.55. The van der Waals surface area contributed by atoms with Crippen LogP contribution >= 0.6 is 0 Å². The van der Waals surface area contributed by atoms with E-state index in [1.807, 2.05) is 88.4 Å². The van der Waals surface area contributed by atoms with Crippen molar-refractivity contribution in [3.05, 3.63) is 71.8 Å². The van der Waals surface area contributed by atoms with Crippen LogP contribution in [0, 0.1) is 11.8 Å². The third kappa shape index (κ3) is 14.7. The van der Waals surface area contributed by atoms with Crippen LogP contribution in [0.5, 0.6) is 0 Å². The van der Waals surface area contributed by atoms with Gasteiger partial charge in [-0.25, -0.2) is 9.59 Å². The van der Waals surface area contributed by atoms with Crippen LogP contribution in [0.3, 0.4) is 0 Å². The zero-order chi connectivity index (χ0) is 31.6. The molecule has 0 fully saturated rings. The molecule has 0 aromatic heterocycles. The van der Waals surface area contributed by atoms with Crippen LogP contribution in [0.1, 0.15) is 70.9 Å². The maximum Gasteiger partial charge on any atom is 0.407 e. The van der Waals surface area contributed by atoms with Crippen LogP contribution in [-0.4, -0.2) is 48.5 Å². The summed E-state index contributed by atoms with van der Waals surface area (Å²) in [5, 5.41) is 8.28. The lowest BCUT2D eigenvalue weighted by Gasteiger charge is -2.25. The second-order valence-corrected chi connectivity index (χ2v) is 11.6. The third-order valence-electron chi connectivity index (χ3n) is 6.63. The number of hydrogen-bond acceptors (Lipinski definition) is 7. The Morgan fingerprint density at radius 2 is 1.23 bits per heavy atom. The fourth-order valence-electron chi connectivity index (χ4n) is 4.39. The van der Waals surface area contributed by atoms with E-state index in [1.54, 1.807) is 0 Å². The molecule has 0 aliphatic carbocycles. The van der Waals surface area contributed by atoms with Gasteiger partial charge in [-0.1, -0.05) is 88.4 Å². The number of carbonyl (C=O) groups is 4. The summed E-state index contributed by atoms with van der Waals surface area (Å²) in [4.78, 5) is 51.2. The monoisotopic (exact) mass is 596 g/mol. The smallest absolute Gasteiger partial charge is 0.407 e. The van der Waals surface area contributed by atoms with Crippen molar-refractivity contribution >= 4 is 23.9 Å². The second-order valence-electron chi connectivity index (χ2n) is 11.6. The molecule has 3 amide bonds. The van der Waals surface area contributed by atoms with Gasteiger partial charge in [-0.15, -0.1) is 0 Å². The SMILES string of the molecule is CC(C)C[C@H](NC(=O)[C@@H](N)CC(C)C)C(=O)N[C@@H](CCCCNC(=O)OCc1ccccc1)C(=O)OCc1ccccc1. The minimum atomic E-state index is -0.933. The number of ether oxygens (including phenoxy) is 2. The molecule has 2 aromatic rings. The highest BCUT2D eigenvalue weighted by Gasteiger charge is 2.29. The molecule has 10 heteroatoms. The average molecular weight is 597 g/mol. The van der Waals surface area contributed by atoms with Crippen molar-refractivity contribution in [1.29, 1.82) is 0 Å². The molecule has 0 saturated carbocycles. The van der Waals surface area contributed by atoms with E-state index < -0.39 is 42.0 Å². The van der Waals surface area contributed by atoms with Crippen molar-refractivity contribution in [3.63, 3.8) is 0 Å². The zero-order valence-electron chi connectivity index (χ0n) is 25.8. The molecule has 0 radical (unpaired) electrons. The molecular formula is C33H48N4O6. The number of amides is 3. The topological polar surface area (TPSA) is 149 Å². The van der Waals surface area contributed by atoms with Crippen molar-refractivity contribution in [3.8, 4) is 0 Å². The van der Waals surface area contributed by atoms with Crippen LogP contribution < -0.4 is 21.7 Å². The minimum absolute atomic E-state index is 0.0665. The Kier molecular flexibility index (Phi) is 15.8. The molecule has 2 aromatic carbocycles. The molecular weight excluding hydrogens is 548 g/mol. The van der Waals surface area contributed by atoms with E-state index in [4.69, 9.17) is 15.2 Å². The molecule has 0 bridgehead atoms. The third-order valence-corrected chi connectivity index (χ3v) is 6.63. The standard InChI is InChI=1S/C33H48N4O6/c1-23(2)19-27(34)30(38)37-29(20-24(3)4)31(39)36-28(32(40)42-21-25-13-7-5-8-14-25)17-11-12-18-35-33(41)43-22-26-15-9-6-10-16-26/h5-10,13-16,23-24,27-29H,11-12,17-22,34H2,1-4H3,(H,35,41)(H,36,39)(H,37,38)/t27-,28-,29-/m0/s1. The molecule has 0 aliphatic rings. The number of hydrogen-bond donors (Lipinski definition) is 4. The minimum Gasteiger partial charge on any atom is -0.459 e. The first kappa shape index (κ1) is 35.3.